The molecule has 0 spiro atoms. The summed E-state index contributed by atoms with van der Waals surface area (Å²) in [6.07, 6.45) is 5.52. The zero-order chi connectivity index (χ0) is 18.7. The number of nitrogens with two attached hydrogens (primary N) is 1. The summed E-state index contributed by atoms with van der Waals surface area (Å²) in [4.78, 5) is 22.8. The predicted molar refractivity (Wildman–Crippen MR) is 98.2 cm³/mol. The molecule has 3 rings (SSSR count). The molecular weight excluding hydrogens is 358 g/mol. The van der Waals surface area contributed by atoms with Crippen LogP contribution in [0, 0.1) is 22.0 Å². The van der Waals surface area contributed by atoms with E-state index in [-0.39, 0.29) is 47.5 Å². The molecular formula is C18H24ClN3O4. The van der Waals surface area contributed by atoms with Gasteiger partial charge in [0.05, 0.1) is 18.0 Å². The van der Waals surface area contributed by atoms with Gasteiger partial charge in [0.25, 0.3) is 0 Å². The van der Waals surface area contributed by atoms with Gasteiger partial charge in [0.1, 0.15) is 0 Å². The molecule has 0 radical (unpaired) electrons. The highest BCUT2D eigenvalue weighted by Crippen LogP contribution is 2.39. The molecule has 2 aliphatic carbocycles. The second-order valence-corrected chi connectivity index (χ2v) is 7.68. The summed E-state index contributed by atoms with van der Waals surface area (Å²) in [5.74, 6) is 0.950. The van der Waals surface area contributed by atoms with E-state index in [4.69, 9.17) is 22.1 Å². The van der Waals surface area contributed by atoms with Gasteiger partial charge in [0.2, 0.25) is 5.91 Å². The fourth-order valence-electron chi connectivity index (χ4n) is 4.29. The van der Waals surface area contributed by atoms with E-state index in [9.17, 15) is 14.9 Å². The van der Waals surface area contributed by atoms with Gasteiger partial charge in [-0.05, 0) is 49.7 Å². The van der Waals surface area contributed by atoms with E-state index in [2.05, 4.69) is 5.32 Å². The number of rotatable bonds is 6. The largest absolute Gasteiger partial charge is 0.486 e. The number of benzene rings is 1. The van der Waals surface area contributed by atoms with Crippen LogP contribution in [0.3, 0.4) is 0 Å². The highest BCUT2D eigenvalue weighted by molar-refractivity contribution is 6.30. The first-order valence-corrected chi connectivity index (χ1v) is 9.43. The average molecular weight is 382 g/mol. The molecule has 2 unspecified atom stereocenters. The van der Waals surface area contributed by atoms with E-state index >= 15 is 0 Å². The van der Waals surface area contributed by atoms with Crippen LogP contribution in [0.1, 0.15) is 38.5 Å². The maximum atomic E-state index is 12.3. The Morgan fingerprint density at radius 3 is 2.69 bits per heavy atom. The highest BCUT2D eigenvalue weighted by atomic mass is 35.5. The van der Waals surface area contributed by atoms with Crippen LogP contribution in [0.15, 0.2) is 18.2 Å². The lowest BCUT2D eigenvalue weighted by atomic mass is 9.67. The minimum absolute atomic E-state index is 0.0792. The first-order valence-electron chi connectivity index (χ1n) is 9.05. The normalized spacial score (nSPS) is 27.6. The molecule has 1 aromatic rings. The quantitative estimate of drug-likeness (QED) is 0.581. The summed E-state index contributed by atoms with van der Waals surface area (Å²) >= 11 is 5.78. The summed E-state index contributed by atoms with van der Waals surface area (Å²) in [6.45, 7) is 0.0792. The van der Waals surface area contributed by atoms with Gasteiger partial charge in [0, 0.05) is 23.2 Å². The molecule has 8 heteroatoms. The third kappa shape index (κ3) is 4.45. The van der Waals surface area contributed by atoms with Crippen LogP contribution < -0.4 is 15.8 Å². The first-order chi connectivity index (χ1) is 12.4. The van der Waals surface area contributed by atoms with Crippen LogP contribution in [-0.4, -0.2) is 29.5 Å². The number of nitrogens with zero attached hydrogens (tertiary/aromatic N) is 1. The first kappa shape index (κ1) is 18.9. The molecule has 2 bridgehead atoms. The lowest BCUT2D eigenvalue weighted by Crippen LogP contribution is -2.53. The number of nitro groups is 1. The Labute approximate surface area is 157 Å². The van der Waals surface area contributed by atoms with Gasteiger partial charge in [-0.2, -0.15) is 0 Å². The topological polar surface area (TPSA) is 107 Å². The molecule has 2 fully saturated rings. The van der Waals surface area contributed by atoms with Crippen LogP contribution in [0.5, 0.6) is 5.75 Å². The van der Waals surface area contributed by atoms with Crippen molar-refractivity contribution < 1.29 is 14.5 Å². The van der Waals surface area contributed by atoms with Crippen molar-refractivity contribution in [2.75, 3.05) is 6.61 Å². The minimum Gasteiger partial charge on any atom is -0.486 e. The summed E-state index contributed by atoms with van der Waals surface area (Å²) in [5.41, 5.74) is 5.91. The molecule has 0 aliphatic heterocycles. The van der Waals surface area contributed by atoms with E-state index in [1.165, 1.54) is 24.6 Å². The van der Waals surface area contributed by atoms with Crippen LogP contribution in [0.4, 0.5) is 5.69 Å². The number of fused-ring (bicyclic) bond motifs is 2. The molecule has 1 aromatic carbocycles. The third-order valence-corrected chi connectivity index (χ3v) is 5.64. The van der Waals surface area contributed by atoms with Crippen LogP contribution in [0.25, 0.3) is 0 Å². The highest BCUT2D eigenvalue weighted by Gasteiger charge is 2.39. The van der Waals surface area contributed by atoms with E-state index in [1.54, 1.807) is 0 Å². The van der Waals surface area contributed by atoms with Crippen LogP contribution >= 0.6 is 11.6 Å². The lowest BCUT2D eigenvalue weighted by Gasteiger charge is -2.45. The fraction of sp³-hybridized carbons (Fsp3) is 0.611. The summed E-state index contributed by atoms with van der Waals surface area (Å²) in [5, 5.41) is 14.5. The number of hydrogen-bond acceptors (Lipinski definition) is 5. The molecule has 2 aliphatic rings. The fourth-order valence-corrected chi connectivity index (χ4v) is 4.46. The van der Waals surface area contributed by atoms with E-state index in [1.807, 2.05) is 0 Å². The van der Waals surface area contributed by atoms with Gasteiger partial charge in [-0.15, -0.1) is 0 Å². The van der Waals surface area contributed by atoms with Crippen molar-refractivity contribution in [2.24, 2.45) is 17.6 Å². The maximum absolute atomic E-state index is 12.3. The number of carbonyl (C=O) groups is 1. The van der Waals surface area contributed by atoms with E-state index in [0.29, 0.717) is 11.8 Å². The smallest absolute Gasteiger partial charge is 0.312 e. The van der Waals surface area contributed by atoms with Crippen molar-refractivity contribution in [1.29, 1.82) is 0 Å². The molecule has 2 saturated carbocycles. The standard InChI is InChI=1S/C18H24ClN3O4/c19-13-4-5-16(15(10-13)22(24)25)26-7-6-17(23)21-18-11-2-1-3-12(18)9-14(20)8-11/h4-5,10-12,14,18H,1-3,6-9,20H2,(H,21,23). The SMILES string of the molecule is NC1CC2CCCC(C1)C2NC(=O)CCOc1ccc(Cl)cc1[N+](=O)[O-]. The molecule has 1 amide bonds. The molecule has 142 valence electrons. The monoisotopic (exact) mass is 381 g/mol. The Morgan fingerprint density at radius 2 is 2.04 bits per heavy atom. The molecule has 0 aromatic heterocycles. The van der Waals surface area contributed by atoms with Crippen LogP contribution in [-0.2, 0) is 4.79 Å². The number of nitrogens with one attached hydrogen (secondary N) is 1. The van der Waals surface area contributed by atoms with Crippen molar-refractivity contribution in [3.05, 3.63) is 33.3 Å². The molecule has 7 nitrogen and oxygen atoms in total. The second-order valence-electron chi connectivity index (χ2n) is 7.24. The summed E-state index contributed by atoms with van der Waals surface area (Å²) in [6, 6.07) is 4.65. The predicted octanol–water partition coefficient (Wildman–Crippen LogP) is 3.04. The van der Waals surface area contributed by atoms with Crippen LogP contribution in [0.2, 0.25) is 5.02 Å². The summed E-state index contributed by atoms with van der Waals surface area (Å²) < 4.78 is 5.44. The Kier molecular flexibility index (Phi) is 5.98. The summed E-state index contributed by atoms with van der Waals surface area (Å²) in [7, 11) is 0. The number of amides is 1. The Bertz CT molecular complexity index is 670. The van der Waals surface area contributed by atoms with E-state index < -0.39 is 4.92 Å². The minimum atomic E-state index is -0.548. The van der Waals surface area contributed by atoms with Gasteiger partial charge in [0.15, 0.2) is 5.75 Å². The van der Waals surface area contributed by atoms with Gasteiger partial charge in [-0.3, -0.25) is 14.9 Å². The number of nitro benzene ring substituents is 1. The molecule has 0 heterocycles. The van der Waals surface area contributed by atoms with Crippen molar-refractivity contribution in [3.63, 3.8) is 0 Å². The van der Waals surface area contributed by atoms with Gasteiger partial charge < -0.3 is 15.8 Å². The zero-order valence-corrected chi connectivity index (χ0v) is 15.3. The Balaban J connectivity index is 1.51. The number of hydrogen-bond donors (Lipinski definition) is 2. The molecule has 26 heavy (non-hydrogen) atoms. The number of ether oxygens (including phenoxy) is 1. The van der Waals surface area contributed by atoms with Crippen molar-refractivity contribution >= 4 is 23.2 Å². The zero-order valence-electron chi connectivity index (χ0n) is 14.5. The number of halogens is 1. The second kappa shape index (κ2) is 8.22. The Morgan fingerprint density at radius 1 is 1.35 bits per heavy atom. The van der Waals surface area contributed by atoms with Gasteiger partial charge >= 0.3 is 5.69 Å². The molecule has 3 N–H and O–H groups in total. The molecule has 2 atom stereocenters. The van der Waals surface area contributed by atoms with Crippen molar-refractivity contribution in [3.8, 4) is 5.75 Å². The number of carbonyl (C=O) groups excluding carboxylic acids is 1. The third-order valence-electron chi connectivity index (χ3n) is 5.41. The van der Waals surface area contributed by atoms with Gasteiger partial charge in [-0.1, -0.05) is 18.0 Å². The molecule has 0 saturated heterocycles. The van der Waals surface area contributed by atoms with Crippen molar-refractivity contribution in [2.45, 2.75) is 50.6 Å². The van der Waals surface area contributed by atoms with Gasteiger partial charge in [-0.25, -0.2) is 0 Å². The maximum Gasteiger partial charge on any atom is 0.312 e. The van der Waals surface area contributed by atoms with Crippen molar-refractivity contribution in [1.82, 2.24) is 5.32 Å². The lowest BCUT2D eigenvalue weighted by molar-refractivity contribution is -0.385. The van der Waals surface area contributed by atoms with E-state index in [0.717, 1.165) is 25.7 Å². The Hall–Kier alpha value is -1.86. The average Bonchev–Trinajstić information content (AvgIpc) is 2.57.